The van der Waals surface area contributed by atoms with Crippen molar-refractivity contribution in [2.24, 2.45) is 11.8 Å². The summed E-state index contributed by atoms with van der Waals surface area (Å²) in [6, 6.07) is 1.69. The number of carbonyl (C=O) groups is 1. The van der Waals surface area contributed by atoms with Crippen molar-refractivity contribution in [2.45, 2.75) is 25.7 Å². The van der Waals surface area contributed by atoms with Gasteiger partial charge in [0.25, 0.3) is 5.91 Å². The first kappa shape index (κ1) is 15.4. The van der Waals surface area contributed by atoms with E-state index in [0.29, 0.717) is 37.0 Å². The zero-order chi connectivity index (χ0) is 16.5. The number of hydrogen-bond donors (Lipinski definition) is 0. The van der Waals surface area contributed by atoms with Crippen LogP contribution >= 0.6 is 0 Å². The first-order valence-electron chi connectivity index (χ1n) is 8.40. The summed E-state index contributed by atoms with van der Waals surface area (Å²) in [7, 11) is 0. The van der Waals surface area contributed by atoms with Gasteiger partial charge in [-0.25, -0.2) is 0 Å². The van der Waals surface area contributed by atoms with Crippen LogP contribution in [0, 0.1) is 18.8 Å². The van der Waals surface area contributed by atoms with Gasteiger partial charge >= 0.3 is 0 Å². The van der Waals surface area contributed by atoms with Gasteiger partial charge in [-0.05, 0) is 31.7 Å². The highest BCUT2D eigenvalue weighted by molar-refractivity contribution is 5.94. The molecule has 4 rings (SSSR count). The largest absolute Gasteiger partial charge is 0.472 e. The minimum absolute atomic E-state index is 0.0151. The molecule has 2 atom stereocenters. The number of aryl methyl sites for hydroxylation is 1. The fourth-order valence-corrected chi connectivity index (χ4v) is 3.19. The van der Waals surface area contributed by atoms with Gasteiger partial charge in [0.05, 0.1) is 24.4 Å². The number of aromatic nitrogens is 2. The van der Waals surface area contributed by atoms with E-state index in [9.17, 15) is 4.79 Å². The summed E-state index contributed by atoms with van der Waals surface area (Å²) in [4.78, 5) is 18.8. The van der Waals surface area contributed by atoms with E-state index in [1.54, 1.807) is 13.0 Å². The lowest BCUT2D eigenvalue weighted by Gasteiger charge is -2.15. The van der Waals surface area contributed by atoms with Gasteiger partial charge < -0.3 is 18.6 Å². The zero-order valence-corrected chi connectivity index (χ0v) is 13.7. The second kappa shape index (κ2) is 6.39. The Morgan fingerprint density at radius 2 is 2.25 bits per heavy atom. The van der Waals surface area contributed by atoms with Gasteiger partial charge in [-0.3, -0.25) is 4.79 Å². The molecule has 0 radical (unpaired) electrons. The number of furan rings is 1. The predicted molar refractivity (Wildman–Crippen MR) is 83.4 cm³/mol. The number of amides is 1. The minimum Gasteiger partial charge on any atom is -0.472 e. The summed E-state index contributed by atoms with van der Waals surface area (Å²) < 4.78 is 16.3. The van der Waals surface area contributed by atoms with Gasteiger partial charge in [-0.2, -0.15) is 4.98 Å². The van der Waals surface area contributed by atoms with Gasteiger partial charge in [0.15, 0.2) is 5.82 Å². The van der Waals surface area contributed by atoms with Crippen molar-refractivity contribution in [2.75, 3.05) is 26.3 Å². The molecule has 0 N–H and O–H groups in total. The van der Waals surface area contributed by atoms with Crippen LogP contribution in [-0.2, 0) is 4.74 Å². The molecule has 24 heavy (non-hydrogen) atoms. The molecule has 1 aliphatic carbocycles. The fraction of sp³-hybridized carbons (Fsp3) is 0.588. The third kappa shape index (κ3) is 3.21. The van der Waals surface area contributed by atoms with Crippen molar-refractivity contribution in [1.29, 1.82) is 0 Å². The molecule has 1 saturated heterocycles. The predicted octanol–water partition coefficient (Wildman–Crippen LogP) is 2.25. The third-order valence-electron chi connectivity index (χ3n) is 4.74. The van der Waals surface area contributed by atoms with E-state index in [4.69, 9.17) is 13.7 Å². The van der Waals surface area contributed by atoms with Gasteiger partial charge in [-0.1, -0.05) is 5.16 Å². The van der Waals surface area contributed by atoms with Gasteiger partial charge in [-0.15, -0.1) is 0 Å². The molecule has 0 unspecified atom stereocenters. The monoisotopic (exact) mass is 331 g/mol. The highest BCUT2D eigenvalue weighted by atomic mass is 16.5. The van der Waals surface area contributed by atoms with Crippen molar-refractivity contribution in [3.63, 3.8) is 0 Å². The topological polar surface area (TPSA) is 81.6 Å². The van der Waals surface area contributed by atoms with Crippen LogP contribution in [0.2, 0.25) is 0 Å². The van der Waals surface area contributed by atoms with Crippen LogP contribution in [0.15, 0.2) is 27.5 Å². The van der Waals surface area contributed by atoms with Crippen molar-refractivity contribution < 1.29 is 18.5 Å². The van der Waals surface area contributed by atoms with E-state index in [1.165, 1.54) is 25.4 Å². The van der Waals surface area contributed by atoms with E-state index >= 15 is 0 Å². The lowest BCUT2D eigenvalue weighted by Crippen LogP contribution is -2.29. The zero-order valence-electron chi connectivity index (χ0n) is 13.7. The van der Waals surface area contributed by atoms with Crippen LogP contribution in [0.25, 0.3) is 0 Å². The average Bonchev–Trinajstić information content (AvgIpc) is 2.98. The van der Waals surface area contributed by atoms with Crippen LogP contribution in [0.5, 0.6) is 0 Å². The molecular weight excluding hydrogens is 310 g/mol. The molecule has 2 aromatic heterocycles. The molecule has 2 aromatic rings. The fourth-order valence-electron chi connectivity index (χ4n) is 3.19. The maximum absolute atomic E-state index is 12.6. The Kier molecular flexibility index (Phi) is 4.10. The summed E-state index contributed by atoms with van der Waals surface area (Å²) in [5.74, 6) is 2.08. The number of nitrogens with zero attached hydrogens (tertiary/aromatic N) is 3. The Balaban J connectivity index is 1.46. The van der Waals surface area contributed by atoms with Gasteiger partial charge in [0.2, 0.25) is 5.89 Å². The Morgan fingerprint density at radius 1 is 1.38 bits per heavy atom. The molecule has 1 saturated carbocycles. The maximum atomic E-state index is 12.6. The Morgan fingerprint density at radius 3 is 2.92 bits per heavy atom. The first-order valence-corrected chi connectivity index (χ1v) is 8.40. The van der Waals surface area contributed by atoms with Crippen molar-refractivity contribution in [3.05, 3.63) is 35.9 Å². The molecule has 2 fully saturated rings. The molecule has 1 aliphatic heterocycles. The van der Waals surface area contributed by atoms with Gasteiger partial charge in [0.1, 0.15) is 6.26 Å². The van der Waals surface area contributed by atoms with Crippen LogP contribution in [0.3, 0.4) is 0 Å². The molecule has 1 amide bonds. The maximum Gasteiger partial charge on any atom is 0.257 e. The van der Waals surface area contributed by atoms with Crippen molar-refractivity contribution >= 4 is 5.91 Å². The quantitative estimate of drug-likeness (QED) is 0.807. The molecule has 7 heteroatoms. The van der Waals surface area contributed by atoms with Gasteiger partial charge in [0, 0.05) is 25.6 Å². The average molecular weight is 331 g/mol. The second-order valence-corrected chi connectivity index (χ2v) is 6.75. The second-order valence-electron chi connectivity index (χ2n) is 6.75. The summed E-state index contributed by atoms with van der Waals surface area (Å²) in [6.07, 6.45) is 5.52. The molecule has 0 aromatic carbocycles. The SMILES string of the molecule is Cc1noc([C@@H]2CN(C(=O)c3ccoc3)C[C@H]2COCC2CC2)n1. The van der Waals surface area contributed by atoms with E-state index < -0.39 is 0 Å². The number of hydrogen-bond acceptors (Lipinski definition) is 6. The highest BCUT2D eigenvalue weighted by Crippen LogP contribution is 2.34. The third-order valence-corrected chi connectivity index (χ3v) is 4.74. The number of likely N-dealkylation sites (tertiary alicyclic amines) is 1. The number of rotatable bonds is 6. The lowest BCUT2D eigenvalue weighted by atomic mass is 9.97. The smallest absolute Gasteiger partial charge is 0.257 e. The highest BCUT2D eigenvalue weighted by Gasteiger charge is 2.40. The summed E-state index contributed by atoms with van der Waals surface area (Å²) in [5.41, 5.74) is 0.565. The molecule has 7 nitrogen and oxygen atoms in total. The van der Waals surface area contributed by atoms with E-state index in [0.717, 1.165) is 12.5 Å². The Bertz CT molecular complexity index is 693. The molecule has 128 valence electrons. The Labute approximate surface area is 140 Å². The normalized spacial score (nSPS) is 23.8. The number of carbonyl (C=O) groups excluding carboxylic acids is 1. The van der Waals surface area contributed by atoms with Crippen LogP contribution in [-0.4, -0.2) is 47.3 Å². The van der Waals surface area contributed by atoms with E-state index in [1.807, 2.05) is 4.90 Å². The molecule has 2 aliphatic rings. The molecule has 3 heterocycles. The summed E-state index contributed by atoms with van der Waals surface area (Å²) in [6.45, 7) is 4.40. The van der Waals surface area contributed by atoms with Crippen LogP contribution in [0.4, 0.5) is 0 Å². The first-order chi connectivity index (χ1) is 11.7. The van der Waals surface area contributed by atoms with Crippen molar-refractivity contribution in [3.8, 4) is 0 Å². The lowest BCUT2D eigenvalue weighted by molar-refractivity contribution is 0.0736. The van der Waals surface area contributed by atoms with Crippen LogP contribution < -0.4 is 0 Å². The summed E-state index contributed by atoms with van der Waals surface area (Å²) in [5, 5.41) is 3.89. The summed E-state index contributed by atoms with van der Waals surface area (Å²) >= 11 is 0. The van der Waals surface area contributed by atoms with Crippen molar-refractivity contribution in [1.82, 2.24) is 15.0 Å². The van der Waals surface area contributed by atoms with E-state index in [2.05, 4.69) is 10.1 Å². The molecular formula is C17H21N3O4. The standard InChI is InChI=1S/C17H21N3O4/c1-11-18-16(24-19-11)15-7-20(17(21)13-4-5-22-9-13)6-14(15)10-23-8-12-2-3-12/h4-5,9,12,14-15H,2-3,6-8,10H2,1H3/t14-,15+/m0/s1. The Hall–Kier alpha value is -2.15. The van der Waals surface area contributed by atoms with E-state index in [-0.39, 0.29) is 17.7 Å². The minimum atomic E-state index is -0.0327. The molecule has 0 spiro atoms. The van der Waals surface area contributed by atoms with Crippen LogP contribution in [0.1, 0.15) is 40.8 Å². The molecule has 0 bridgehead atoms. The number of ether oxygens (including phenoxy) is 1.